The lowest BCUT2D eigenvalue weighted by Crippen LogP contribution is -2.47. The number of fused-ring (bicyclic) bond motifs is 3. The summed E-state index contributed by atoms with van der Waals surface area (Å²) in [5.41, 5.74) is 11.5. The zero-order valence-electron chi connectivity index (χ0n) is 21.8. The van der Waals surface area contributed by atoms with Gasteiger partial charge in [-0.3, -0.25) is 9.79 Å². The molecule has 39 heavy (non-hydrogen) atoms. The number of ether oxygens (including phenoxy) is 1. The Morgan fingerprint density at radius 3 is 2.67 bits per heavy atom. The van der Waals surface area contributed by atoms with Crippen LogP contribution in [0.25, 0.3) is 0 Å². The van der Waals surface area contributed by atoms with Crippen LogP contribution in [0.3, 0.4) is 0 Å². The maximum atomic E-state index is 13.2. The van der Waals surface area contributed by atoms with E-state index in [-0.39, 0.29) is 24.7 Å². The van der Waals surface area contributed by atoms with Crippen molar-refractivity contribution < 1.29 is 19.6 Å². The molecule has 5 rings (SSSR count). The summed E-state index contributed by atoms with van der Waals surface area (Å²) < 4.78 is 5.54. The zero-order chi connectivity index (χ0) is 27.5. The second kappa shape index (κ2) is 11.8. The predicted molar refractivity (Wildman–Crippen MR) is 153 cm³/mol. The van der Waals surface area contributed by atoms with Crippen LogP contribution in [0, 0.1) is 0 Å². The number of carbonyl (C=O) groups is 1. The standard InChI is InChI=1S/C28H31BClN5O4/c1-17-33-34-28-24(16-26(36)31-13-12-18-4-3-5-20(14-18)29(37)38)32-27(19-6-8-21(30)9-7-19)23-15-22(39-2)10-11-25(23)35(17)28/h3-11,14-15,17,24,28,33-34,37-38H,12-13,16H2,1-2H3,(H,31,36)/t17?,24-,28?/m0/s1. The molecule has 0 aliphatic carbocycles. The normalized spacial score (nSPS) is 20.0. The van der Waals surface area contributed by atoms with Gasteiger partial charge in [-0.1, -0.05) is 48.0 Å². The summed E-state index contributed by atoms with van der Waals surface area (Å²) in [6.07, 6.45) is 0.431. The molecule has 1 saturated heterocycles. The van der Waals surface area contributed by atoms with E-state index in [4.69, 9.17) is 21.3 Å². The highest BCUT2D eigenvalue weighted by atomic mass is 35.5. The fraction of sp³-hybridized carbons (Fsp3) is 0.286. The van der Waals surface area contributed by atoms with Crippen LogP contribution in [0.2, 0.25) is 5.02 Å². The lowest BCUT2D eigenvalue weighted by atomic mass is 9.79. The molecule has 0 aromatic heterocycles. The topological polar surface area (TPSA) is 118 Å². The number of benzene rings is 3. The highest BCUT2D eigenvalue weighted by Crippen LogP contribution is 2.36. The van der Waals surface area contributed by atoms with Crippen LogP contribution < -0.4 is 31.3 Å². The summed E-state index contributed by atoms with van der Waals surface area (Å²) >= 11 is 6.18. The minimum atomic E-state index is -1.52. The number of halogens is 1. The number of methoxy groups -OCH3 is 1. The zero-order valence-corrected chi connectivity index (χ0v) is 22.5. The van der Waals surface area contributed by atoms with Crippen molar-refractivity contribution in [3.63, 3.8) is 0 Å². The van der Waals surface area contributed by atoms with Crippen molar-refractivity contribution in [1.82, 2.24) is 16.2 Å². The van der Waals surface area contributed by atoms with Gasteiger partial charge in [0.2, 0.25) is 5.91 Å². The largest absolute Gasteiger partial charge is 0.497 e. The van der Waals surface area contributed by atoms with Gasteiger partial charge in [0.25, 0.3) is 0 Å². The molecule has 2 aliphatic rings. The van der Waals surface area contributed by atoms with Gasteiger partial charge in [0, 0.05) is 28.4 Å². The lowest BCUT2D eigenvalue weighted by Gasteiger charge is -2.31. The second-order valence-electron chi connectivity index (χ2n) is 9.67. The highest BCUT2D eigenvalue weighted by Gasteiger charge is 2.40. The van der Waals surface area contributed by atoms with E-state index < -0.39 is 13.2 Å². The number of aliphatic imine (C=N–C) groups is 1. The van der Waals surface area contributed by atoms with Gasteiger partial charge in [-0.25, -0.2) is 10.9 Å². The van der Waals surface area contributed by atoms with Crippen LogP contribution in [-0.2, 0) is 11.2 Å². The van der Waals surface area contributed by atoms with Gasteiger partial charge in [-0.05, 0) is 54.7 Å². The highest BCUT2D eigenvalue weighted by molar-refractivity contribution is 6.58. The van der Waals surface area contributed by atoms with E-state index in [0.717, 1.165) is 28.1 Å². The average molecular weight is 548 g/mol. The van der Waals surface area contributed by atoms with Crippen molar-refractivity contribution >= 4 is 41.5 Å². The molecule has 0 bridgehead atoms. The Morgan fingerprint density at radius 1 is 1.13 bits per heavy atom. The summed E-state index contributed by atoms with van der Waals surface area (Å²) in [4.78, 5) is 20.5. The van der Waals surface area contributed by atoms with Crippen molar-refractivity contribution in [2.24, 2.45) is 4.99 Å². The molecule has 2 aliphatic heterocycles. The summed E-state index contributed by atoms with van der Waals surface area (Å²) in [5, 5.41) is 22.5. The van der Waals surface area contributed by atoms with E-state index in [0.29, 0.717) is 29.2 Å². The fourth-order valence-corrected chi connectivity index (χ4v) is 5.23. The maximum Gasteiger partial charge on any atom is 0.488 e. The van der Waals surface area contributed by atoms with E-state index in [1.165, 1.54) is 0 Å². The molecule has 202 valence electrons. The van der Waals surface area contributed by atoms with Crippen molar-refractivity contribution in [3.8, 4) is 5.75 Å². The number of anilines is 1. The SMILES string of the molecule is COc1ccc2c(c1)C(c1ccc(Cl)cc1)=N[C@@H](CC(=O)NCCc1cccc(B(O)O)c1)C1NNC(C)N21. The molecular formula is C28H31BClN5O4. The molecule has 0 spiro atoms. The van der Waals surface area contributed by atoms with Gasteiger partial charge in [0.1, 0.15) is 11.9 Å². The Bertz CT molecular complexity index is 1370. The molecule has 2 unspecified atom stereocenters. The molecule has 3 aromatic rings. The first-order valence-corrected chi connectivity index (χ1v) is 13.2. The number of amides is 1. The van der Waals surface area contributed by atoms with Gasteiger partial charge < -0.3 is 25.0 Å². The van der Waals surface area contributed by atoms with Crippen molar-refractivity contribution in [2.75, 3.05) is 18.6 Å². The number of rotatable bonds is 8. The van der Waals surface area contributed by atoms with Gasteiger partial charge in [0.05, 0.1) is 31.4 Å². The quantitative estimate of drug-likeness (QED) is 0.272. The Kier molecular flexibility index (Phi) is 8.20. The molecule has 0 saturated carbocycles. The van der Waals surface area contributed by atoms with Gasteiger partial charge >= 0.3 is 7.12 Å². The van der Waals surface area contributed by atoms with E-state index >= 15 is 0 Å². The molecule has 1 amide bonds. The smallest absolute Gasteiger partial charge is 0.488 e. The maximum absolute atomic E-state index is 13.2. The Morgan fingerprint density at radius 2 is 1.92 bits per heavy atom. The third kappa shape index (κ3) is 5.95. The first-order valence-electron chi connectivity index (χ1n) is 12.9. The number of nitrogens with one attached hydrogen (secondary N) is 3. The van der Waals surface area contributed by atoms with Gasteiger partial charge in [-0.15, -0.1) is 0 Å². The van der Waals surface area contributed by atoms with Crippen LogP contribution in [0.4, 0.5) is 5.69 Å². The number of hydrogen-bond acceptors (Lipinski definition) is 8. The minimum absolute atomic E-state index is 0.0402. The molecule has 1 fully saturated rings. The average Bonchev–Trinajstić information content (AvgIpc) is 3.26. The van der Waals surface area contributed by atoms with Crippen molar-refractivity contribution in [2.45, 2.75) is 38.1 Å². The first-order chi connectivity index (χ1) is 18.8. The van der Waals surface area contributed by atoms with Gasteiger partial charge in [-0.2, -0.15) is 0 Å². The number of nitrogens with zero attached hydrogens (tertiary/aromatic N) is 2. The number of carbonyl (C=O) groups excluding carboxylic acids is 1. The predicted octanol–water partition coefficient (Wildman–Crippen LogP) is 1.58. The molecule has 9 nitrogen and oxygen atoms in total. The fourth-order valence-electron chi connectivity index (χ4n) is 5.10. The van der Waals surface area contributed by atoms with Crippen LogP contribution in [0.5, 0.6) is 5.75 Å². The molecule has 3 aromatic carbocycles. The number of hydrogen-bond donors (Lipinski definition) is 5. The van der Waals surface area contributed by atoms with Gasteiger partial charge in [0.15, 0.2) is 0 Å². The van der Waals surface area contributed by atoms with Crippen LogP contribution in [-0.4, -0.2) is 60.8 Å². The van der Waals surface area contributed by atoms with Crippen LogP contribution >= 0.6 is 11.6 Å². The Balaban J connectivity index is 1.41. The number of hydrazine groups is 1. The second-order valence-corrected chi connectivity index (χ2v) is 10.1. The van der Waals surface area contributed by atoms with Crippen LogP contribution in [0.1, 0.15) is 30.0 Å². The molecule has 0 radical (unpaired) electrons. The van der Waals surface area contributed by atoms with E-state index in [1.54, 1.807) is 25.3 Å². The Hall–Kier alpha value is -3.41. The van der Waals surface area contributed by atoms with E-state index in [9.17, 15) is 14.8 Å². The molecule has 2 heterocycles. The third-order valence-corrected chi connectivity index (χ3v) is 7.30. The van der Waals surface area contributed by atoms with Crippen molar-refractivity contribution in [3.05, 3.63) is 88.4 Å². The summed E-state index contributed by atoms with van der Waals surface area (Å²) in [7, 11) is 0.112. The van der Waals surface area contributed by atoms with E-state index in [1.807, 2.05) is 48.5 Å². The van der Waals surface area contributed by atoms with E-state index in [2.05, 4.69) is 28.0 Å². The monoisotopic (exact) mass is 547 g/mol. The molecular weight excluding hydrogens is 517 g/mol. The molecule has 5 N–H and O–H groups in total. The lowest BCUT2D eigenvalue weighted by molar-refractivity contribution is -0.121. The minimum Gasteiger partial charge on any atom is -0.497 e. The third-order valence-electron chi connectivity index (χ3n) is 7.05. The Labute approximate surface area is 233 Å². The molecule has 3 atom stereocenters. The van der Waals surface area contributed by atoms with Crippen molar-refractivity contribution in [1.29, 1.82) is 0 Å². The summed E-state index contributed by atoms with van der Waals surface area (Å²) in [6.45, 7) is 2.47. The molecule has 11 heteroatoms. The first kappa shape index (κ1) is 27.2. The summed E-state index contributed by atoms with van der Waals surface area (Å²) in [6, 6.07) is 20.1. The summed E-state index contributed by atoms with van der Waals surface area (Å²) in [5.74, 6) is 0.594. The van der Waals surface area contributed by atoms with Crippen LogP contribution in [0.15, 0.2) is 71.7 Å².